The number of hydrogen-bond donors (Lipinski definition) is 2. The molecule has 1 fully saturated rings. The third kappa shape index (κ3) is 2.56. The van der Waals surface area contributed by atoms with Crippen molar-refractivity contribution in [3.8, 4) is 0 Å². The number of nitrogens with one attached hydrogen (secondary N) is 2. The summed E-state index contributed by atoms with van der Waals surface area (Å²) in [6.45, 7) is 7.04. The van der Waals surface area contributed by atoms with E-state index in [9.17, 15) is 0 Å². The molecule has 5 nitrogen and oxygen atoms in total. The molecule has 0 amide bonds. The zero-order valence-electron chi connectivity index (χ0n) is 9.03. The zero-order valence-corrected chi connectivity index (χ0v) is 9.03. The van der Waals surface area contributed by atoms with E-state index in [2.05, 4.69) is 32.4 Å². The molecular weight excluding hydrogens is 190 g/mol. The molecule has 1 aliphatic rings. The van der Waals surface area contributed by atoms with Crippen LogP contribution in [0.25, 0.3) is 0 Å². The molecule has 0 radical (unpaired) electrons. The van der Waals surface area contributed by atoms with Gasteiger partial charge in [-0.3, -0.25) is 0 Å². The van der Waals surface area contributed by atoms with Crippen LogP contribution < -0.4 is 15.5 Å². The Morgan fingerprint density at radius 2 is 2.20 bits per heavy atom. The Kier molecular flexibility index (Phi) is 3.34. The molecule has 0 bridgehead atoms. The van der Waals surface area contributed by atoms with E-state index >= 15 is 0 Å². The van der Waals surface area contributed by atoms with Crippen LogP contribution in [0.3, 0.4) is 0 Å². The molecule has 1 aromatic rings. The van der Waals surface area contributed by atoms with Crippen LogP contribution >= 0.6 is 0 Å². The molecule has 0 aliphatic carbocycles. The van der Waals surface area contributed by atoms with Crippen LogP contribution in [0.1, 0.15) is 6.92 Å². The molecule has 1 aliphatic heterocycles. The van der Waals surface area contributed by atoms with Gasteiger partial charge in [-0.2, -0.15) is 0 Å². The average Bonchev–Trinajstić information content (AvgIpc) is 2.31. The lowest BCUT2D eigenvalue weighted by atomic mass is 10.3. The van der Waals surface area contributed by atoms with E-state index in [1.165, 1.54) is 0 Å². The highest BCUT2D eigenvalue weighted by atomic mass is 15.2. The molecule has 0 aromatic carbocycles. The number of aromatic nitrogens is 2. The van der Waals surface area contributed by atoms with Gasteiger partial charge in [-0.25, -0.2) is 9.97 Å². The Balaban J connectivity index is 2.09. The first kappa shape index (κ1) is 10.2. The fourth-order valence-corrected chi connectivity index (χ4v) is 1.69. The molecule has 0 spiro atoms. The maximum absolute atomic E-state index is 4.29. The molecule has 0 saturated carbocycles. The maximum Gasteiger partial charge on any atom is 0.134 e. The van der Waals surface area contributed by atoms with Gasteiger partial charge in [0.05, 0.1) is 0 Å². The predicted octanol–water partition coefficient (Wildman–Crippen LogP) is 0.318. The Morgan fingerprint density at radius 1 is 1.40 bits per heavy atom. The summed E-state index contributed by atoms with van der Waals surface area (Å²) in [7, 11) is 0. The van der Waals surface area contributed by atoms with E-state index in [1.807, 2.05) is 6.07 Å². The van der Waals surface area contributed by atoms with Gasteiger partial charge in [0.25, 0.3) is 0 Å². The zero-order chi connectivity index (χ0) is 10.5. The van der Waals surface area contributed by atoms with Crippen LogP contribution in [0.4, 0.5) is 11.6 Å². The highest BCUT2D eigenvalue weighted by Gasteiger charge is 2.11. The lowest BCUT2D eigenvalue weighted by Gasteiger charge is -2.28. The molecule has 5 heteroatoms. The lowest BCUT2D eigenvalue weighted by Crippen LogP contribution is -2.43. The SMILES string of the molecule is CCNc1cc(N2CCNCC2)ncn1. The Bertz CT molecular complexity index is 308. The van der Waals surface area contributed by atoms with Crippen LogP contribution in [0.2, 0.25) is 0 Å². The Morgan fingerprint density at radius 3 is 2.93 bits per heavy atom. The van der Waals surface area contributed by atoms with Crippen molar-refractivity contribution in [1.29, 1.82) is 0 Å². The van der Waals surface area contributed by atoms with Crippen molar-refractivity contribution in [3.63, 3.8) is 0 Å². The van der Waals surface area contributed by atoms with Crippen molar-refractivity contribution < 1.29 is 0 Å². The monoisotopic (exact) mass is 207 g/mol. The highest BCUT2D eigenvalue weighted by Crippen LogP contribution is 2.13. The van der Waals surface area contributed by atoms with Crippen molar-refractivity contribution in [2.24, 2.45) is 0 Å². The minimum atomic E-state index is 0.887. The van der Waals surface area contributed by atoms with Gasteiger partial charge >= 0.3 is 0 Å². The molecule has 0 unspecified atom stereocenters. The first-order valence-corrected chi connectivity index (χ1v) is 5.41. The summed E-state index contributed by atoms with van der Waals surface area (Å²) in [5.74, 6) is 1.92. The van der Waals surface area contributed by atoms with Crippen molar-refractivity contribution >= 4 is 11.6 Å². The minimum Gasteiger partial charge on any atom is -0.370 e. The molecule has 82 valence electrons. The fourth-order valence-electron chi connectivity index (χ4n) is 1.69. The van der Waals surface area contributed by atoms with Gasteiger partial charge in [-0.05, 0) is 6.92 Å². The normalized spacial score (nSPS) is 16.5. The van der Waals surface area contributed by atoms with Crippen LogP contribution in [0.5, 0.6) is 0 Å². The summed E-state index contributed by atoms with van der Waals surface area (Å²) in [5.41, 5.74) is 0. The fraction of sp³-hybridized carbons (Fsp3) is 0.600. The average molecular weight is 207 g/mol. The van der Waals surface area contributed by atoms with E-state index in [0.717, 1.165) is 44.4 Å². The van der Waals surface area contributed by atoms with Crippen LogP contribution in [-0.4, -0.2) is 42.7 Å². The second kappa shape index (κ2) is 4.93. The number of rotatable bonds is 3. The van der Waals surface area contributed by atoms with E-state index in [-0.39, 0.29) is 0 Å². The van der Waals surface area contributed by atoms with Gasteiger partial charge in [0, 0.05) is 38.8 Å². The van der Waals surface area contributed by atoms with Crippen molar-refractivity contribution in [1.82, 2.24) is 15.3 Å². The first-order chi connectivity index (χ1) is 7.40. The quantitative estimate of drug-likeness (QED) is 0.747. The largest absolute Gasteiger partial charge is 0.370 e. The second-order valence-corrected chi connectivity index (χ2v) is 3.53. The standard InChI is InChI=1S/C10H17N5/c1-2-12-9-7-10(14-8-13-9)15-5-3-11-4-6-15/h7-8,11H,2-6H2,1H3,(H,12,13,14). The smallest absolute Gasteiger partial charge is 0.134 e. The summed E-state index contributed by atoms with van der Waals surface area (Å²) in [6.07, 6.45) is 1.62. The first-order valence-electron chi connectivity index (χ1n) is 5.41. The van der Waals surface area contributed by atoms with Crippen molar-refractivity contribution in [2.75, 3.05) is 42.9 Å². The van der Waals surface area contributed by atoms with Crippen molar-refractivity contribution in [3.05, 3.63) is 12.4 Å². The van der Waals surface area contributed by atoms with Crippen LogP contribution in [0.15, 0.2) is 12.4 Å². The third-order valence-electron chi connectivity index (χ3n) is 2.45. The summed E-state index contributed by atoms with van der Waals surface area (Å²) in [5, 5.41) is 6.52. The molecule has 15 heavy (non-hydrogen) atoms. The van der Waals surface area contributed by atoms with Gasteiger partial charge in [-0.1, -0.05) is 0 Å². The maximum atomic E-state index is 4.29. The second-order valence-electron chi connectivity index (χ2n) is 3.53. The molecule has 2 N–H and O–H groups in total. The Hall–Kier alpha value is -1.36. The highest BCUT2D eigenvalue weighted by molar-refractivity contribution is 5.48. The molecule has 1 saturated heterocycles. The van der Waals surface area contributed by atoms with Gasteiger partial charge in [0.15, 0.2) is 0 Å². The van der Waals surface area contributed by atoms with Gasteiger partial charge < -0.3 is 15.5 Å². The van der Waals surface area contributed by atoms with Gasteiger partial charge in [-0.15, -0.1) is 0 Å². The summed E-state index contributed by atoms with van der Waals surface area (Å²) in [4.78, 5) is 10.7. The van der Waals surface area contributed by atoms with Gasteiger partial charge in [0.1, 0.15) is 18.0 Å². The summed E-state index contributed by atoms with van der Waals surface area (Å²) >= 11 is 0. The van der Waals surface area contributed by atoms with E-state index in [1.54, 1.807) is 6.33 Å². The van der Waals surface area contributed by atoms with E-state index < -0.39 is 0 Å². The topological polar surface area (TPSA) is 53.1 Å². The number of nitrogens with zero attached hydrogens (tertiary/aromatic N) is 3. The molecule has 0 atom stereocenters. The van der Waals surface area contributed by atoms with Crippen LogP contribution in [-0.2, 0) is 0 Å². The Labute approximate surface area is 89.9 Å². The molecule has 1 aromatic heterocycles. The molecule has 2 rings (SSSR count). The van der Waals surface area contributed by atoms with Crippen molar-refractivity contribution in [2.45, 2.75) is 6.92 Å². The van der Waals surface area contributed by atoms with Crippen LogP contribution in [0, 0.1) is 0 Å². The van der Waals surface area contributed by atoms with E-state index in [0.29, 0.717) is 0 Å². The van der Waals surface area contributed by atoms with Gasteiger partial charge in [0.2, 0.25) is 0 Å². The number of anilines is 2. The predicted molar refractivity (Wildman–Crippen MR) is 61.3 cm³/mol. The van der Waals surface area contributed by atoms with E-state index in [4.69, 9.17) is 0 Å². The molecular formula is C10H17N5. The summed E-state index contributed by atoms with van der Waals surface area (Å²) < 4.78 is 0. The lowest BCUT2D eigenvalue weighted by molar-refractivity contribution is 0.584. The summed E-state index contributed by atoms with van der Waals surface area (Å²) in [6, 6.07) is 2.01. The minimum absolute atomic E-state index is 0.887. The third-order valence-corrected chi connectivity index (χ3v) is 2.45. The number of piperazine rings is 1. The number of hydrogen-bond acceptors (Lipinski definition) is 5. The molecule has 2 heterocycles.